The van der Waals surface area contributed by atoms with Crippen LogP contribution in [0, 0.1) is 30.9 Å². The van der Waals surface area contributed by atoms with Crippen molar-refractivity contribution >= 4 is 17.4 Å². The molecule has 2 rings (SSSR count). The standard InChI is InChI=1S/C19H19NO5/c1-11-5-6-12(2)16(9-11)18(21)14(4)25-19(22)15-7-8-17(20(23)24)13(3)10-15/h5-10,14H,1-4H3/t14-/m1/s1. The number of esters is 1. The molecule has 0 spiro atoms. The molecular weight excluding hydrogens is 322 g/mol. The van der Waals surface area contributed by atoms with Gasteiger partial charge in [-0.1, -0.05) is 17.7 Å². The van der Waals surface area contributed by atoms with Crippen molar-refractivity contribution in [1.29, 1.82) is 0 Å². The molecule has 0 aromatic heterocycles. The van der Waals surface area contributed by atoms with Crippen molar-refractivity contribution in [1.82, 2.24) is 0 Å². The number of nitro groups is 1. The fourth-order valence-corrected chi connectivity index (χ4v) is 2.49. The van der Waals surface area contributed by atoms with Crippen LogP contribution < -0.4 is 0 Å². The predicted octanol–water partition coefficient (Wildman–Crippen LogP) is 3.95. The Morgan fingerprint density at radius 3 is 2.32 bits per heavy atom. The van der Waals surface area contributed by atoms with Gasteiger partial charge in [-0.15, -0.1) is 0 Å². The van der Waals surface area contributed by atoms with Crippen LogP contribution in [0.2, 0.25) is 0 Å². The van der Waals surface area contributed by atoms with Gasteiger partial charge < -0.3 is 4.74 Å². The van der Waals surface area contributed by atoms with Crippen LogP contribution in [0.5, 0.6) is 0 Å². The van der Waals surface area contributed by atoms with Gasteiger partial charge in [-0.3, -0.25) is 14.9 Å². The van der Waals surface area contributed by atoms with Crippen molar-refractivity contribution in [3.8, 4) is 0 Å². The van der Waals surface area contributed by atoms with E-state index in [1.165, 1.54) is 25.1 Å². The Kier molecular flexibility index (Phi) is 5.32. The fraction of sp³-hybridized carbons (Fsp3) is 0.263. The third kappa shape index (κ3) is 4.09. The molecule has 0 amide bonds. The van der Waals surface area contributed by atoms with E-state index in [-0.39, 0.29) is 17.0 Å². The second-order valence-electron chi connectivity index (χ2n) is 5.99. The molecule has 0 saturated carbocycles. The monoisotopic (exact) mass is 341 g/mol. The second kappa shape index (κ2) is 7.25. The third-order valence-electron chi connectivity index (χ3n) is 3.94. The van der Waals surface area contributed by atoms with Crippen LogP contribution in [0.3, 0.4) is 0 Å². The number of aryl methyl sites for hydroxylation is 3. The number of ketones is 1. The molecule has 0 heterocycles. The molecule has 0 unspecified atom stereocenters. The number of carbonyl (C=O) groups is 2. The Bertz CT molecular complexity index is 857. The van der Waals surface area contributed by atoms with Gasteiger partial charge in [-0.05, 0) is 51.5 Å². The highest BCUT2D eigenvalue weighted by molar-refractivity contribution is 6.02. The van der Waals surface area contributed by atoms with Gasteiger partial charge in [-0.2, -0.15) is 0 Å². The lowest BCUT2D eigenvalue weighted by Crippen LogP contribution is -2.25. The van der Waals surface area contributed by atoms with E-state index in [0.717, 1.165) is 11.1 Å². The molecule has 0 N–H and O–H groups in total. The summed E-state index contributed by atoms with van der Waals surface area (Å²) in [5.41, 5.74) is 2.72. The van der Waals surface area contributed by atoms with Gasteiger partial charge in [0.25, 0.3) is 5.69 Å². The maximum absolute atomic E-state index is 12.5. The van der Waals surface area contributed by atoms with E-state index in [1.54, 1.807) is 13.0 Å². The molecule has 0 radical (unpaired) electrons. The molecule has 130 valence electrons. The lowest BCUT2D eigenvalue weighted by atomic mass is 9.99. The second-order valence-corrected chi connectivity index (χ2v) is 5.99. The molecule has 1 atom stereocenters. The minimum absolute atomic E-state index is 0.0731. The Balaban J connectivity index is 2.17. The van der Waals surface area contributed by atoms with E-state index in [4.69, 9.17) is 4.74 Å². The molecule has 6 heteroatoms. The first kappa shape index (κ1) is 18.3. The Labute approximate surface area is 145 Å². The van der Waals surface area contributed by atoms with E-state index >= 15 is 0 Å². The van der Waals surface area contributed by atoms with Gasteiger partial charge in [0.1, 0.15) is 0 Å². The third-order valence-corrected chi connectivity index (χ3v) is 3.94. The number of nitro benzene ring substituents is 1. The van der Waals surface area contributed by atoms with Crippen molar-refractivity contribution in [3.63, 3.8) is 0 Å². The number of nitrogens with zero attached hydrogens (tertiary/aromatic N) is 1. The van der Waals surface area contributed by atoms with Gasteiger partial charge >= 0.3 is 5.97 Å². The predicted molar refractivity (Wildman–Crippen MR) is 93.0 cm³/mol. The van der Waals surface area contributed by atoms with E-state index in [9.17, 15) is 19.7 Å². The van der Waals surface area contributed by atoms with Crippen LogP contribution in [-0.2, 0) is 4.74 Å². The zero-order valence-electron chi connectivity index (χ0n) is 14.5. The molecule has 6 nitrogen and oxygen atoms in total. The van der Waals surface area contributed by atoms with Crippen LogP contribution in [0.1, 0.15) is 44.3 Å². The zero-order valence-corrected chi connectivity index (χ0v) is 14.5. The minimum atomic E-state index is -0.955. The summed E-state index contributed by atoms with van der Waals surface area (Å²) in [6.45, 7) is 6.76. The van der Waals surface area contributed by atoms with Crippen LogP contribution in [-0.4, -0.2) is 22.8 Å². The summed E-state index contributed by atoms with van der Waals surface area (Å²) in [6.07, 6.45) is -0.955. The number of rotatable bonds is 5. The summed E-state index contributed by atoms with van der Waals surface area (Å²) in [7, 11) is 0. The molecule has 0 aliphatic heterocycles. The Morgan fingerprint density at radius 2 is 1.72 bits per heavy atom. The van der Waals surface area contributed by atoms with Crippen LogP contribution >= 0.6 is 0 Å². The number of ether oxygens (including phenoxy) is 1. The average molecular weight is 341 g/mol. The van der Waals surface area contributed by atoms with Crippen molar-refractivity contribution < 1.29 is 19.2 Å². The zero-order chi connectivity index (χ0) is 18.7. The maximum Gasteiger partial charge on any atom is 0.338 e. The lowest BCUT2D eigenvalue weighted by molar-refractivity contribution is -0.385. The van der Waals surface area contributed by atoms with Gasteiger partial charge in [0.2, 0.25) is 5.78 Å². The van der Waals surface area contributed by atoms with Gasteiger partial charge in [-0.25, -0.2) is 4.79 Å². The van der Waals surface area contributed by atoms with E-state index < -0.39 is 17.0 Å². The topological polar surface area (TPSA) is 86.5 Å². The summed E-state index contributed by atoms with van der Waals surface area (Å²) >= 11 is 0. The Hall–Kier alpha value is -3.02. The number of hydrogen-bond acceptors (Lipinski definition) is 5. The SMILES string of the molecule is Cc1ccc(C)c(C(=O)[C@@H](C)OC(=O)c2ccc([N+](=O)[O-])c(C)c2)c1. The van der Waals surface area contributed by atoms with E-state index in [1.807, 2.05) is 26.0 Å². The van der Waals surface area contributed by atoms with Crippen molar-refractivity contribution in [2.75, 3.05) is 0 Å². The number of carbonyl (C=O) groups excluding carboxylic acids is 2. The fourth-order valence-electron chi connectivity index (χ4n) is 2.49. The highest BCUT2D eigenvalue weighted by Crippen LogP contribution is 2.20. The van der Waals surface area contributed by atoms with Crippen molar-refractivity contribution in [3.05, 3.63) is 74.3 Å². The largest absolute Gasteiger partial charge is 0.451 e. The summed E-state index contributed by atoms with van der Waals surface area (Å²) in [4.78, 5) is 35.1. The quantitative estimate of drug-likeness (QED) is 0.356. The normalized spacial score (nSPS) is 11.7. The molecule has 0 saturated heterocycles. The van der Waals surface area contributed by atoms with Gasteiger partial charge in [0, 0.05) is 17.2 Å². The maximum atomic E-state index is 12.5. The minimum Gasteiger partial charge on any atom is -0.451 e. The van der Waals surface area contributed by atoms with Crippen molar-refractivity contribution in [2.45, 2.75) is 33.8 Å². The molecule has 0 aliphatic rings. The highest BCUT2D eigenvalue weighted by Gasteiger charge is 2.23. The first-order chi connectivity index (χ1) is 11.7. The van der Waals surface area contributed by atoms with E-state index in [0.29, 0.717) is 11.1 Å². The number of benzene rings is 2. The smallest absolute Gasteiger partial charge is 0.338 e. The van der Waals surface area contributed by atoms with Gasteiger partial charge in [0.05, 0.1) is 10.5 Å². The molecule has 25 heavy (non-hydrogen) atoms. The van der Waals surface area contributed by atoms with E-state index in [2.05, 4.69) is 0 Å². The van der Waals surface area contributed by atoms with Crippen LogP contribution in [0.25, 0.3) is 0 Å². The highest BCUT2D eigenvalue weighted by atomic mass is 16.6. The number of hydrogen-bond donors (Lipinski definition) is 0. The summed E-state index contributed by atoms with van der Waals surface area (Å²) in [5.74, 6) is -0.975. The first-order valence-electron chi connectivity index (χ1n) is 7.78. The summed E-state index contributed by atoms with van der Waals surface area (Å²) < 4.78 is 5.24. The molecule has 0 fully saturated rings. The summed E-state index contributed by atoms with van der Waals surface area (Å²) in [5, 5.41) is 10.8. The molecule has 0 aliphatic carbocycles. The van der Waals surface area contributed by atoms with Crippen LogP contribution in [0.4, 0.5) is 5.69 Å². The first-order valence-corrected chi connectivity index (χ1v) is 7.78. The molecular formula is C19H19NO5. The number of Topliss-reactive ketones (excluding diaryl/α,β-unsaturated/α-hetero) is 1. The molecule has 2 aromatic carbocycles. The summed E-state index contributed by atoms with van der Waals surface area (Å²) in [6, 6.07) is 9.47. The Morgan fingerprint density at radius 1 is 1.04 bits per heavy atom. The van der Waals surface area contributed by atoms with Crippen LogP contribution in [0.15, 0.2) is 36.4 Å². The molecule has 2 aromatic rings. The van der Waals surface area contributed by atoms with Crippen molar-refractivity contribution in [2.24, 2.45) is 0 Å². The average Bonchev–Trinajstić information content (AvgIpc) is 2.55. The molecule has 0 bridgehead atoms. The van der Waals surface area contributed by atoms with Gasteiger partial charge in [0.15, 0.2) is 6.10 Å². The lowest BCUT2D eigenvalue weighted by Gasteiger charge is -2.14.